The highest BCUT2D eigenvalue weighted by atomic mass is 15.2. The predicted octanol–water partition coefficient (Wildman–Crippen LogP) is 1.35. The number of piperidine rings is 1. The molecule has 0 N–H and O–H groups in total. The first kappa shape index (κ1) is 5.72. The average Bonchev–Trinajstić information content (AvgIpc) is 2.22. The predicted molar refractivity (Wildman–Crippen MR) is 38.3 cm³/mol. The van der Waals surface area contributed by atoms with Crippen LogP contribution in [0.4, 0.5) is 0 Å². The maximum absolute atomic E-state index is 2.53. The molecule has 2 aliphatic rings. The van der Waals surface area contributed by atoms with Gasteiger partial charge in [-0.05, 0) is 31.7 Å². The molecule has 3 atom stereocenters. The Morgan fingerprint density at radius 1 is 1.33 bits per heavy atom. The van der Waals surface area contributed by atoms with Gasteiger partial charge in [0.05, 0.1) is 0 Å². The lowest BCUT2D eigenvalue weighted by molar-refractivity contribution is 0.204. The molecule has 9 heavy (non-hydrogen) atoms. The number of rotatable bonds is 0. The van der Waals surface area contributed by atoms with E-state index in [2.05, 4.69) is 18.9 Å². The molecule has 1 heterocycles. The summed E-state index contributed by atoms with van der Waals surface area (Å²) in [5, 5.41) is 0. The van der Waals surface area contributed by atoms with Crippen LogP contribution in [-0.2, 0) is 0 Å². The Kier molecular flexibility index (Phi) is 1.10. The van der Waals surface area contributed by atoms with E-state index in [0.717, 1.165) is 17.9 Å². The van der Waals surface area contributed by atoms with E-state index in [0.29, 0.717) is 0 Å². The highest BCUT2D eigenvalue weighted by Crippen LogP contribution is 2.40. The third-order valence-corrected chi connectivity index (χ3v) is 3.05. The van der Waals surface area contributed by atoms with E-state index in [-0.39, 0.29) is 0 Å². The third-order valence-electron chi connectivity index (χ3n) is 3.05. The molecule has 2 bridgehead atoms. The minimum atomic E-state index is 0.940. The summed E-state index contributed by atoms with van der Waals surface area (Å²) in [5.74, 6) is 2.03. The fourth-order valence-corrected chi connectivity index (χ4v) is 2.66. The van der Waals surface area contributed by atoms with Crippen molar-refractivity contribution in [3.05, 3.63) is 0 Å². The SMILES string of the molecule is CC1C[C@H]2CC1N(C)C2. The van der Waals surface area contributed by atoms with E-state index in [1.54, 1.807) is 0 Å². The van der Waals surface area contributed by atoms with Crippen LogP contribution in [0, 0.1) is 11.8 Å². The van der Waals surface area contributed by atoms with Gasteiger partial charge in [-0.2, -0.15) is 0 Å². The van der Waals surface area contributed by atoms with Gasteiger partial charge in [-0.15, -0.1) is 0 Å². The average molecular weight is 125 g/mol. The van der Waals surface area contributed by atoms with Crippen LogP contribution < -0.4 is 0 Å². The molecule has 0 spiro atoms. The number of nitrogens with zero attached hydrogens (tertiary/aromatic N) is 1. The highest BCUT2D eigenvalue weighted by molar-refractivity contribution is 4.94. The Balaban J connectivity index is 2.13. The summed E-state index contributed by atoms with van der Waals surface area (Å²) in [6.45, 7) is 3.76. The van der Waals surface area contributed by atoms with Gasteiger partial charge >= 0.3 is 0 Å². The van der Waals surface area contributed by atoms with Crippen molar-refractivity contribution in [2.45, 2.75) is 25.8 Å². The Bertz CT molecular complexity index is 110. The Labute approximate surface area is 57.0 Å². The summed E-state index contributed by atoms with van der Waals surface area (Å²) in [6, 6.07) is 0.940. The smallest absolute Gasteiger partial charge is 0.0121 e. The number of fused-ring (bicyclic) bond motifs is 2. The van der Waals surface area contributed by atoms with Crippen LogP contribution in [0.3, 0.4) is 0 Å². The lowest BCUT2D eigenvalue weighted by Crippen LogP contribution is -2.33. The van der Waals surface area contributed by atoms with E-state index >= 15 is 0 Å². The normalized spacial score (nSPS) is 50.7. The lowest BCUT2D eigenvalue weighted by Gasteiger charge is -2.27. The zero-order chi connectivity index (χ0) is 6.43. The fourth-order valence-electron chi connectivity index (χ4n) is 2.66. The van der Waals surface area contributed by atoms with Gasteiger partial charge in [0, 0.05) is 12.6 Å². The summed E-state index contributed by atoms with van der Waals surface area (Å²) in [5.41, 5.74) is 0. The highest BCUT2D eigenvalue weighted by Gasteiger charge is 2.40. The molecule has 2 fully saturated rings. The molecule has 1 aliphatic carbocycles. The molecule has 0 radical (unpaired) electrons. The molecule has 2 unspecified atom stereocenters. The van der Waals surface area contributed by atoms with Gasteiger partial charge in [0.15, 0.2) is 0 Å². The zero-order valence-electron chi connectivity index (χ0n) is 6.30. The maximum atomic E-state index is 2.53. The summed E-state index contributed by atoms with van der Waals surface area (Å²) in [4.78, 5) is 2.53. The first-order chi connectivity index (χ1) is 4.27. The van der Waals surface area contributed by atoms with Crippen molar-refractivity contribution in [2.24, 2.45) is 11.8 Å². The van der Waals surface area contributed by atoms with Gasteiger partial charge in [-0.1, -0.05) is 6.92 Å². The summed E-state index contributed by atoms with van der Waals surface area (Å²) in [6.07, 6.45) is 2.98. The summed E-state index contributed by atoms with van der Waals surface area (Å²) in [7, 11) is 2.26. The zero-order valence-corrected chi connectivity index (χ0v) is 6.30. The molecule has 0 aromatic carbocycles. The van der Waals surface area contributed by atoms with Crippen molar-refractivity contribution in [2.75, 3.05) is 13.6 Å². The monoisotopic (exact) mass is 125 g/mol. The molecule has 0 aromatic heterocycles. The molecule has 52 valence electrons. The minimum absolute atomic E-state index is 0.940. The van der Waals surface area contributed by atoms with Gasteiger partial charge in [0.25, 0.3) is 0 Å². The van der Waals surface area contributed by atoms with Crippen LogP contribution in [0.1, 0.15) is 19.8 Å². The van der Waals surface area contributed by atoms with E-state index in [4.69, 9.17) is 0 Å². The van der Waals surface area contributed by atoms with Gasteiger partial charge in [-0.3, -0.25) is 0 Å². The standard InChI is InChI=1S/C8H15N/c1-6-3-7-4-8(6)9(2)5-7/h6-8H,3-5H2,1-2H3/t6?,7-,8?/m0/s1. The second-order valence-electron chi connectivity index (χ2n) is 3.82. The number of hydrogen-bond donors (Lipinski definition) is 0. The van der Waals surface area contributed by atoms with Crippen LogP contribution in [-0.4, -0.2) is 24.5 Å². The van der Waals surface area contributed by atoms with Crippen molar-refractivity contribution in [1.82, 2.24) is 4.90 Å². The van der Waals surface area contributed by atoms with E-state index in [1.807, 2.05) is 0 Å². The molecule has 1 nitrogen and oxygen atoms in total. The van der Waals surface area contributed by atoms with Crippen molar-refractivity contribution >= 4 is 0 Å². The topological polar surface area (TPSA) is 3.24 Å². The summed E-state index contributed by atoms with van der Waals surface area (Å²) < 4.78 is 0. The number of hydrogen-bond acceptors (Lipinski definition) is 1. The van der Waals surface area contributed by atoms with E-state index in [1.165, 1.54) is 19.4 Å². The van der Waals surface area contributed by atoms with Crippen molar-refractivity contribution in [1.29, 1.82) is 0 Å². The molecular formula is C8H15N. The van der Waals surface area contributed by atoms with E-state index < -0.39 is 0 Å². The Hall–Kier alpha value is -0.0400. The molecule has 1 heteroatoms. The summed E-state index contributed by atoms with van der Waals surface area (Å²) >= 11 is 0. The molecule has 2 rings (SSSR count). The van der Waals surface area contributed by atoms with Gasteiger partial charge in [0.2, 0.25) is 0 Å². The van der Waals surface area contributed by atoms with Gasteiger partial charge in [0.1, 0.15) is 0 Å². The van der Waals surface area contributed by atoms with Crippen LogP contribution in [0.25, 0.3) is 0 Å². The first-order valence-corrected chi connectivity index (χ1v) is 3.97. The molecular weight excluding hydrogens is 110 g/mol. The second-order valence-corrected chi connectivity index (χ2v) is 3.82. The minimum Gasteiger partial charge on any atom is -0.303 e. The van der Waals surface area contributed by atoms with Gasteiger partial charge in [-0.25, -0.2) is 0 Å². The first-order valence-electron chi connectivity index (χ1n) is 3.97. The molecule has 0 aromatic rings. The van der Waals surface area contributed by atoms with Crippen molar-refractivity contribution in [3.8, 4) is 0 Å². The second kappa shape index (κ2) is 1.72. The lowest BCUT2D eigenvalue weighted by atomic mass is 10.0. The van der Waals surface area contributed by atoms with Gasteiger partial charge < -0.3 is 4.90 Å². The largest absolute Gasteiger partial charge is 0.303 e. The van der Waals surface area contributed by atoms with Crippen LogP contribution in [0.15, 0.2) is 0 Å². The third kappa shape index (κ3) is 0.710. The Morgan fingerprint density at radius 2 is 2.11 bits per heavy atom. The van der Waals surface area contributed by atoms with Crippen molar-refractivity contribution in [3.63, 3.8) is 0 Å². The van der Waals surface area contributed by atoms with Crippen LogP contribution in [0.5, 0.6) is 0 Å². The quantitative estimate of drug-likeness (QED) is 0.472. The van der Waals surface area contributed by atoms with Crippen LogP contribution >= 0.6 is 0 Å². The molecule has 1 aliphatic heterocycles. The molecule has 0 amide bonds. The Morgan fingerprint density at radius 3 is 2.44 bits per heavy atom. The molecule has 1 saturated heterocycles. The maximum Gasteiger partial charge on any atom is 0.0121 e. The number of likely N-dealkylation sites (tertiary alicyclic amines) is 1. The van der Waals surface area contributed by atoms with Crippen molar-refractivity contribution < 1.29 is 0 Å². The molecule has 1 saturated carbocycles. The van der Waals surface area contributed by atoms with Crippen LogP contribution in [0.2, 0.25) is 0 Å². The van der Waals surface area contributed by atoms with E-state index in [9.17, 15) is 0 Å². The fraction of sp³-hybridized carbons (Fsp3) is 1.00.